The number of aliphatic hydroxyl groups excluding tert-OH is 1. The number of hydrogen-bond donors (Lipinski definition) is 1. The van der Waals surface area contributed by atoms with Crippen molar-refractivity contribution in [1.82, 2.24) is 0 Å². The molecule has 0 unspecified atom stereocenters. The van der Waals surface area contributed by atoms with Crippen molar-refractivity contribution in [2.75, 3.05) is 24.6 Å². The minimum absolute atomic E-state index is 0.220. The largest absolute Gasteiger partial charge is 0.396 e. The van der Waals surface area contributed by atoms with Gasteiger partial charge in [-0.3, -0.25) is 4.79 Å². The quantitative estimate of drug-likeness (QED) is 0.816. The monoisotopic (exact) mass is 237 g/mol. The Morgan fingerprint density at radius 1 is 1.41 bits per heavy atom. The fourth-order valence-electron chi connectivity index (χ4n) is 2.26. The molecular weight excluding hydrogens is 221 g/mol. The van der Waals surface area contributed by atoms with Crippen molar-refractivity contribution in [1.29, 1.82) is 0 Å². The number of carbonyl (C=O) groups is 1. The maximum atomic E-state index is 13.0. The Labute approximate surface area is 99.9 Å². The van der Waals surface area contributed by atoms with E-state index in [1.165, 1.54) is 12.1 Å². The second-order valence-corrected chi connectivity index (χ2v) is 4.43. The van der Waals surface area contributed by atoms with E-state index in [0.717, 1.165) is 31.6 Å². The van der Waals surface area contributed by atoms with Crippen molar-refractivity contribution >= 4 is 12.0 Å². The number of benzene rings is 1. The summed E-state index contributed by atoms with van der Waals surface area (Å²) in [6.07, 6.45) is 2.51. The third kappa shape index (κ3) is 2.64. The molecule has 1 fully saturated rings. The maximum absolute atomic E-state index is 13.0. The van der Waals surface area contributed by atoms with E-state index in [9.17, 15) is 9.18 Å². The summed E-state index contributed by atoms with van der Waals surface area (Å²) < 4.78 is 13.0. The highest BCUT2D eigenvalue weighted by atomic mass is 19.1. The van der Waals surface area contributed by atoms with Crippen molar-refractivity contribution < 1.29 is 14.3 Å². The Balaban J connectivity index is 2.15. The van der Waals surface area contributed by atoms with Crippen molar-refractivity contribution in [2.24, 2.45) is 5.92 Å². The molecule has 0 atom stereocenters. The van der Waals surface area contributed by atoms with E-state index in [0.29, 0.717) is 17.8 Å². The second-order valence-electron chi connectivity index (χ2n) is 4.43. The first-order valence-electron chi connectivity index (χ1n) is 5.85. The third-order valence-corrected chi connectivity index (χ3v) is 3.33. The normalized spacial score (nSPS) is 17.2. The van der Waals surface area contributed by atoms with E-state index >= 15 is 0 Å². The Kier molecular flexibility index (Phi) is 3.74. The zero-order chi connectivity index (χ0) is 12.3. The summed E-state index contributed by atoms with van der Waals surface area (Å²) in [5, 5.41) is 9.06. The molecule has 0 aliphatic carbocycles. The molecule has 3 nitrogen and oxygen atoms in total. The van der Waals surface area contributed by atoms with Crippen LogP contribution >= 0.6 is 0 Å². The van der Waals surface area contributed by atoms with Gasteiger partial charge < -0.3 is 10.0 Å². The van der Waals surface area contributed by atoms with Crippen LogP contribution in [-0.4, -0.2) is 31.1 Å². The molecular formula is C13H16FNO2. The number of aldehydes is 1. The molecule has 4 heteroatoms. The van der Waals surface area contributed by atoms with Crippen LogP contribution < -0.4 is 4.90 Å². The van der Waals surface area contributed by atoms with E-state index < -0.39 is 0 Å². The molecule has 1 aromatic rings. The van der Waals surface area contributed by atoms with Crippen LogP contribution in [0.15, 0.2) is 18.2 Å². The molecule has 0 radical (unpaired) electrons. The lowest BCUT2D eigenvalue weighted by Crippen LogP contribution is -2.35. The SMILES string of the molecule is O=Cc1cc(F)ccc1N1CCC(CO)CC1. The van der Waals surface area contributed by atoms with Crippen LogP contribution in [-0.2, 0) is 0 Å². The topological polar surface area (TPSA) is 40.5 Å². The second kappa shape index (κ2) is 5.27. The van der Waals surface area contributed by atoms with Gasteiger partial charge in [-0.1, -0.05) is 0 Å². The van der Waals surface area contributed by atoms with Crippen molar-refractivity contribution in [3.63, 3.8) is 0 Å². The highest BCUT2D eigenvalue weighted by Crippen LogP contribution is 2.26. The van der Waals surface area contributed by atoms with Gasteiger partial charge in [0.2, 0.25) is 0 Å². The van der Waals surface area contributed by atoms with Gasteiger partial charge in [0.1, 0.15) is 5.82 Å². The first-order chi connectivity index (χ1) is 8.24. The van der Waals surface area contributed by atoms with Crippen molar-refractivity contribution in [3.8, 4) is 0 Å². The van der Waals surface area contributed by atoms with Gasteiger partial charge in [-0.15, -0.1) is 0 Å². The van der Waals surface area contributed by atoms with Gasteiger partial charge in [-0.2, -0.15) is 0 Å². The van der Waals surface area contributed by atoms with Gasteiger partial charge >= 0.3 is 0 Å². The number of anilines is 1. The van der Waals surface area contributed by atoms with Crippen LogP contribution in [0.1, 0.15) is 23.2 Å². The van der Waals surface area contributed by atoms with Crippen LogP contribution in [0.25, 0.3) is 0 Å². The number of aliphatic hydroxyl groups is 1. The van der Waals surface area contributed by atoms with E-state index in [4.69, 9.17) is 5.11 Å². The molecule has 0 aromatic heterocycles. The molecule has 1 N–H and O–H groups in total. The molecule has 17 heavy (non-hydrogen) atoms. The summed E-state index contributed by atoms with van der Waals surface area (Å²) in [7, 11) is 0. The Bertz CT molecular complexity index is 400. The molecule has 1 saturated heterocycles. The lowest BCUT2D eigenvalue weighted by Gasteiger charge is -2.33. The summed E-state index contributed by atoms with van der Waals surface area (Å²) in [6.45, 7) is 1.83. The number of hydrogen-bond acceptors (Lipinski definition) is 3. The fourth-order valence-corrected chi connectivity index (χ4v) is 2.26. The molecule has 0 saturated carbocycles. The molecule has 0 bridgehead atoms. The zero-order valence-electron chi connectivity index (χ0n) is 9.60. The lowest BCUT2D eigenvalue weighted by molar-refractivity contribution is 0.112. The lowest BCUT2D eigenvalue weighted by atomic mass is 9.97. The summed E-state index contributed by atoms with van der Waals surface area (Å²) in [5.41, 5.74) is 1.19. The zero-order valence-corrected chi connectivity index (χ0v) is 9.60. The number of rotatable bonds is 3. The maximum Gasteiger partial charge on any atom is 0.152 e. The Morgan fingerprint density at radius 2 is 2.12 bits per heavy atom. The molecule has 1 heterocycles. The minimum Gasteiger partial charge on any atom is -0.396 e. The van der Waals surface area contributed by atoms with E-state index in [1.807, 2.05) is 0 Å². The fraction of sp³-hybridized carbons (Fsp3) is 0.462. The Morgan fingerprint density at radius 3 is 2.71 bits per heavy atom. The highest BCUT2D eigenvalue weighted by molar-refractivity contribution is 5.84. The first kappa shape index (κ1) is 12.0. The number of nitrogens with zero attached hydrogens (tertiary/aromatic N) is 1. The molecule has 2 rings (SSSR count). The summed E-state index contributed by atoms with van der Waals surface area (Å²) >= 11 is 0. The molecule has 0 amide bonds. The predicted octanol–water partition coefficient (Wildman–Crippen LogP) is 1.85. The minimum atomic E-state index is -0.388. The van der Waals surface area contributed by atoms with E-state index in [1.54, 1.807) is 6.07 Å². The summed E-state index contributed by atoms with van der Waals surface area (Å²) in [4.78, 5) is 13.0. The Hall–Kier alpha value is -1.42. The molecule has 1 aliphatic rings. The van der Waals surface area contributed by atoms with Crippen LogP contribution in [0, 0.1) is 11.7 Å². The molecule has 0 spiro atoms. The number of piperidine rings is 1. The van der Waals surface area contributed by atoms with Crippen LogP contribution in [0.4, 0.5) is 10.1 Å². The van der Waals surface area contributed by atoms with Gasteiger partial charge in [0, 0.05) is 30.9 Å². The number of halogens is 1. The third-order valence-electron chi connectivity index (χ3n) is 3.33. The summed E-state index contributed by atoms with van der Waals surface area (Å²) in [6, 6.07) is 4.29. The predicted molar refractivity (Wildman–Crippen MR) is 63.8 cm³/mol. The van der Waals surface area contributed by atoms with Gasteiger partial charge in [0.25, 0.3) is 0 Å². The molecule has 1 aromatic carbocycles. The van der Waals surface area contributed by atoms with Gasteiger partial charge in [-0.25, -0.2) is 4.39 Å². The summed E-state index contributed by atoms with van der Waals surface area (Å²) in [5.74, 6) is -0.0347. The van der Waals surface area contributed by atoms with Gasteiger partial charge in [-0.05, 0) is 37.0 Å². The van der Waals surface area contributed by atoms with Crippen LogP contribution in [0.2, 0.25) is 0 Å². The van der Waals surface area contributed by atoms with Crippen LogP contribution in [0.5, 0.6) is 0 Å². The molecule has 92 valence electrons. The van der Waals surface area contributed by atoms with Gasteiger partial charge in [0.15, 0.2) is 6.29 Å². The van der Waals surface area contributed by atoms with Crippen LogP contribution in [0.3, 0.4) is 0 Å². The standard InChI is InChI=1S/C13H16FNO2/c14-12-1-2-13(11(7-12)9-17)15-5-3-10(8-16)4-6-15/h1-2,7,9-10,16H,3-6,8H2. The highest BCUT2D eigenvalue weighted by Gasteiger charge is 2.20. The number of carbonyl (C=O) groups excluding carboxylic acids is 1. The van der Waals surface area contributed by atoms with Gasteiger partial charge in [0.05, 0.1) is 0 Å². The average Bonchev–Trinajstić information content (AvgIpc) is 2.39. The average molecular weight is 237 g/mol. The first-order valence-corrected chi connectivity index (χ1v) is 5.85. The van der Waals surface area contributed by atoms with Crippen molar-refractivity contribution in [3.05, 3.63) is 29.6 Å². The van der Waals surface area contributed by atoms with E-state index in [2.05, 4.69) is 4.90 Å². The van der Waals surface area contributed by atoms with E-state index in [-0.39, 0.29) is 12.4 Å². The molecule has 1 aliphatic heterocycles. The van der Waals surface area contributed by atoms with Crippen molar-refractivity contribution in [2.45, 2.75) is 12.8 Å². The smallest absolute Gasteiger partial charge is 0.152 e.